The summed E-state index contributed by atoms with van der Waals surface area (Å²) < 4.78 is 18.6. The number of nitrogens with one attached hydrogen (secondary N) is 1. The van der Waals surface area contributed by atoms with Gasteiger partial charge in [0.15, 0.2) is 0 Å². The smallest absolute Gasteiger partial charge is 0.303 e. The minimum Gasteiger partial charge on any atom is -0.467 e. The fraction of sp³-hybridized carbons (Fsp3) is 0.571. The summed E-state index contributed by atoms with van der Waals surface area (Å²) in [6, 6.07) is 3.61. The molecule has 2 rings (SSSR count). The maximum Gasteiger partial charge on any atom is 0.303 e. The highest BCUT2D eigenvalue weighted by Gasteiger charge is 2.39. The molecule has 1 aliphatic rings. The van der Waals surface area contributed by atoms with Gasteiger partial charge in [0, 0.05) is 0 Å². The minimum atomic E-state index is -1.10. The lowest BCUT2D eigenvalue weighted by atomic mass is 10.0. The number of likely N-dealkylation sites (tertiary alicyclic amines) is 1. The van der Waals surface area contributed by atoms with Crippen molar-refractivity contribution in [3.63, 3.8) is 0 Å². The molecule has 2 heterocycles. The predicted molar refractivity (Wildman–Crippen MR) is 71.4 cm³/mol. The Kier molecular flexibility index (Phi) is 4.09. The van der Waals surface area contributed by atoms with Crippen LogP contribution in [0.2, 0.25) is 0 Å². The topological polar surface area (TPSA) is 49.8 Å². The Hall–Kier alpha value is -1.87. The zero-order valence-electron chi connectivity index (χ0n) is 11.6. The molecule has 1 fully saturated rings. The van der Waals surface area contributed by atoms with Crippen molar-refractivity contribution in [3.8, 4) is 0 Å². The van der Waals surface area contributed by atoms with Crippen LogP contribution in [-0.2, 0) is 10.3 Å². The van der Waals surface area contributed by atoms with Crippen LogP contribution in [0.25, 0.3) is 4.85 Å². The number of halogens is 1. The molecular formula is C14H18FN3O2. The lowest BCUT2D eigenvalue weighted by molar-refractivity contribution is -0.130. The van der Waals surface area contributed by atoms with E-state index in [4.69, 9.17) is 11.0 Å². The highest BCUT2D eigenvalue weighted by molar-refractivity contribution is 5.79. The van der Waals surface area contributed by atoms with Crippen LogP contribution in [0.3, 0.4) is 0 Å². The normalized spacial score (nSPS) is 22.8. The van der Waals surface area contributed by atoms with Crippen LogP contribution >= 0.6 is 0 Å². The van der Waals surface area contributed by atoms with Crippen molar-refractivity contribution in [2.45, 2.75) is 38.1 Å². The largest absolute Gasteiger partial charge is 0.467 e. The van der Waals surface area contributed by atoms with E-state index in [1.807, 2.05) is 19.9 Å². The predicted octanol–water partition coefficient (Wildman–Crippen LogP) is 1.92. The van der Waals surface area contributed by atoms with Crippen molar-refractivity contribution in [3.05, 3.63) is 35.6 Å². The van der Waals surface area contributed by atoms with Gasteiger partial charge in [-0.05, 0) is 26.0 Å². The summed E-state index contributed by atoms with van der Waals surface area (Å²) in [5, 5.41) is 3.09. The first-order valence-electron chi connectivity index (χ1n) is 6.53. The van der Waals surface area contributed by atoms with Crippen LogP contribution in [-0.4, -0.2) is 36.2 Å². The fourth-order valence-electron chi connectivity index (χ4n) is 2.28. The van der Waals surface area contributed by atoms with Gasteiger partial charge in [-0.25, -0.2) is 11.0 Å². The molecule has 0 aromatic carbocycles. The number of carbonyl (C=O) groups is 1. The van der Waals surface area contributed by atoms with Crippen LogP contribution in [0.15, 0.2) is 22.8 Å². The molecular weight excluding hydrogens is 261 g/mol. The van der Waals surface area contributed by atoms with Crippen LogP contribution < -0.4 is 5.32 Å². The first-order chi connectivity index (χ1) is 9.44. The van der Waals surface area contributed by atoms with E-state index < -0.39 is 17.9 Å². The SMILES string of the molecule is [C-]#[N+][C@@H]1C[C@H](F)CN1C(=O)CNC(C)(C)c1ccco1. The van der Waals surface area contributed by atoms with Gasteiger partial charge in [0.2, 0.25) is 5.91 Å². The third-order valence-electron chi connectivity index (χ3n) is 3.51. The Balaban J connectivity index is 1.94. The molecule has 0 spiro atoms. The van der Waals surface area contributed by atoms with E-state index >= 15 is 0 Å². The van der Waals surface area contributed by atoms with E-state index in [1.165, 1.54) is 4.90 Å². The zero-order valence-corrected chi connectivity index (χ0v) is 11.6. The molecule has 0 aliphatic carbocycles. The third kappa shape index (κ3) is 2.99. The van der Waals surface area contributed by atoms with Crippen molar-refractivity contribution < 1.29 is 13.6 Å². The number of alkyl halides is 1. The number of amides is 1. The lowest BCUT2D eigenvalue weighted by Crippen LogP contribution is -2.45. The van der Waals surface area contributed by atoms with Gasteiger partial charge in [0.25, 0.3) is 0 Å². The van der Waals surface area contributed by atoms with Crippen molar-refractivity contribution in [2.75, 3.05) is 13.1 Å². The molecule has 5 nitrogen and oxygen atoms in total. The molecule has 6 heteroatoms. The first kappa shape index (κ1) is 14.5. The van der Waals surface area contributed by atoms with Crippen molar-refractivity contribution in [1.29, 1.82) is 0 Å². The molecule has 1 amide bonds. The van der Waals surface area contributed by atoms with Gasteiger partial charge in [0.1, 0.15) is 11.9 Å². The Morgan fingerprint density at radius 2 is 2.45 bits per heavy atom. The second-order valence-electron chi connectivity index (χ2n) is 5.44. The monoisotopic (exact) mass is 279 g/mol. The van der Waals surface area contributed by atoms with Crippen LogP contribution in [0.1, 0.15) is 26.0 Å². The van der Waals surface area contributed by atoms with E-state index in [1.54, 1.807) is 12.3 Å². The van der Waals surface area contributed by atoms with Crippen molar-refractivity contribution in [1.82, 2.24) is 10.2 Å². The van der Waals surface area contributed by atoms with E-state index in [9.17, 15) is 9.18 Å². The standard InChI is InChI=1S/C14H18FN3O2/c1-14(2,11-5-4-6-20-11)17-8-13(19)18-9-10(15)7-12(18)16-3/h4-6,10,12,17H,7-9H2,1-2H3/t10-,12-/m0/s1. The summed E-state index contributed by atoms with van der Waals surface area (Å²) in [6.07, 6.45) is -0.0947. The van der Waals surface area contributed by atoms with Gasteiger partial charge in [-0.3, -0.25) is 19.9 Å². The Morgan fingerprint density at radius 1 is 1.70 bits per heavy atom. The molecule has 1 aromatic rings. The lowest BCUT2D eigenvalue weighted by Gasteiger charge is -2.25. The minimum absolute atomic E-state index is 0.00867. The van der Waals surface area contributed by atoms with E-state index in [0.29, 0.717) is 0 Å². The van der Waals surface area contributed by atoms with E-state index in [-0.39, 0.29) is 25.4 Å². The van der Waals surface area contributed by atoms with E-state index in [0.717, 1.165) is 5.76 Å². The molecule has 1 N–H and O–H groups in total. The number of furan rings is 1. The number of carbonyl (C=O) groups excluding carboxylic acids is 1. The molecule has 0 unspecified atom stereocenters. The highest BCUT2D eigenvalue weighted by atomic mass is 19.1. The Morgan fingerprint density at radius 3 is 3.05 bits per heavy atom. The Bertz CT molecular complexity index is 507. The van der Waals surface area contributed by atoms with Gasteiger partial charge < -0.3 is 4.42 Å². The average Bonchev–Trinajstić information content (AvgIpc) is 3.05. The third-order valence-corrected chi connectivity index (χ3v) is 3.51. The number of hydrogen-bond donors (Lipinski definition) is 1. The number of rotatable bonds is 4. The van der Waals surface area contributed by atoms with Crippen molar-refractivity contribution >= 4 is 5.91 Å². The van der Waals surface area contributed by atoms with Gasteiger partial charge >= 0.3 is 6.17 Å². The number of hydrogen-bond acceptors (Lipinski definition) is 3. The summed E-state index contributed by atoms with van der Waals surface area (Å²) in [6.45, 7) is 10.9. The summed E-state index contributed by atoms with van der Waals surface area (Å²) in [4.78, 5) is 16.7. The molecule has 20 heavy (non-hydrogen) atoms. The molecule has 0 bridgehead atoms. The van der Waals surface area contributed by atoms with E-state index in [2.05, 4.69) is 10.2 Å². The Labute approximate surface area is 117 Å². The second-order valence-corrected chi connectivity index (χ2v) is 5.44. The summed E-state index contributed by atoms with van der Waals surface area (Å²) in [5.41, 5.74) is -0.498. The average molecular weight is 279 g/mol. The molecule has 2 atom stereocenters. The van der Waals surface area contributed by atoms with Gasteiger partial charge in [-0.1, -0.05) is 0 Å². The quantitative estimate of drug-likeness (QED) is 0.857. The molecule has 0 radical (unpaired) electrons. The van der Waals surface area contributed by atoms with Crippen LogP contribution in [0, 0.1) is 6.57 Å². The molecule has 108 valence electrons. The van der Waals surface area contributed by atoms with Crippen molar-refractivity contribution in [2.24, 2.45) is 0 Å². The maximum absolute atomic E-state index is 13.3. The summed E-state index contributed by atoms with van der Waals surface area (Å²) in [7, 11) is 0. The van der Waals surface area contributed by atoms with Gasteiger partial charge in [-0.15, -0.1) is 0 Å². The van der Waals surface area contributed by atoms with Gasteiger partial charge in [0.05, 0.1) is 31.3 Å². The maximum atomic E-state index is 13.3. The summed E-state index contributed by atoms with van der Waals surface area (Å²) >= 11 is 0. The van der Waals surface area contributed by atoms with Crippen LogP contribution in [0.5, 0.6) is 0 Å². The number of nitrogens with zero attached hydrogens (tertiary/aromatic N) is 2. The highest BCUT2D eigenvalue weighted by Crippen LogP contribution is 2.23. The van der Waals surface area contributed by atoms with Gasteiger partial charge in [-0.2, -0.15) is 0 Å². The fourth-order valence-corrected chi connectivity index (χ4v) is 2.28. The molecule has 0 saturated carbocycles. The molecule has 1 aliphatic heterocycles. The first-order valence-corrected chi connectivity index (χ1v) is 6.53. The van der Waals surface area contributed by atoms with Crippen LogP contribution in [0.4, 0.5) is 4.39 Å². The second kappa shape index (κ2) is 5.63. The molecule has 1 saturated heterocycles. The molecule has 1 aromatic heterocycles. The zero-order chi connectivity index (χ0) is 14.8. The summed E-state index contributed by atoms with van der Waals surface area (Å²) in [5.74, 6) is 0.461.